The van der Waals surface area contributed by atoms with Gasteiger partial charge in [0.05, 0.1) is 13.2 Å². The lowest BCUT2D eigenvalue weighted by atomic mass is 10.1. The number of hydrogen-bond acceptors (Lipinski definition) is 2. The van der Waals surface area contributed by atoms with Crippen LogP contribution >= 0.6 is 0 Å². The summed E-state index contributed by atoms with van der Waals surface area (Å²) in [6, 6.07) is -0.199. The molecule has 132 valence electrons. The molecule has 0 rings (SSSR count). The fourth-order valence-electron chi connectivity index (χ4n) is 2.57. The normalized spacial score (nSPS) is 12.3. The second-order valence-corrected chi connectivity index (χ2v) is 6.40. The lowest BCUT2D eigenvalue weighted by Crippen LogP contribution is -2.65. The first-order valence-corrected chi connectivity index (χ1v) is 9.51. The summed E-state index contributed by atoms with van der Waals surface area (Å²) < 4.78 is 5.29. The summed E-state index contributed by atoms with van der Waals surface area (Å²) in [5, 5.41) is 0. The van der Waals surface area contributed by atoms with Crippen molar-refractivity contribution in [1.82, 2.24) is 0 Å². The Morgan fingerprint density at radius 3 is 1.95 bits per heavy atom. The first kappa shape index (κ1) is 21.4. The molecular weight excluding hydrogens is 276 g/mol. The van der Waals surface area contributed by atoms with Crippen LogP contribution in [0.25, 0.3) is 0 Å². The third-order valence-electron chi connectivity index (χ3n) is 4.13. The fraction of sp³-hybridized carbons (Fsp3) is 0.944. The van der Waals surface area contributed by atoms with Crippen molar-refractivity contribution in [2.75, 3.05) is 13.2 Å². The van der Waals surface area contributed by atoms with E-state index >= 15 is 0 Å². The summed E-state index contributed by atoms with van der Waals surface area (Å²) in [5.41, 5.74) is 7.69. The van der Waals surface area contributed by atoms with E-state index in [0.29, 0.717) is 6.61 Å². The van der Waals surface area contributed by atoms with E-state index in [1.807, 2.05) is 0 Å². The molecule has 0 bridgehead atoms. The van der Waals surface area contributed by atoms with E-state index in [-0.39, 0.29) is 12.0 Å². The molecule has 0 saturated carbocycles. The molecule has 0 radical (unpaired) electrons. The minimum atomic E-state index is -0.199. The second-order valence-electron chi connectivity index (χ2n) is 6.40. The maximum absolute atomic E-state index is 11.7. The molecule has 0 aliphatic carbocycles. The molecule has 0 aromatic heterocycles. The van der Waals surface area contributed by atoms with Gasteiger partial charge in [0, 0.05) is 6.42 Å². The molecule has 0 fully saturated rings. The van der Waals surface area contributed by atoms with Gasteiger partial charge in [0.1, 0.15) is 0 Å². The summed E-state index contributed by atoms with van der Waals surface area (Å²) >= 11 is 0. The van der Waals surface area contributed by atoms with Crippen LogP contribution in [0.15, 0.2) is 0 Å². The van der Waals surface area contributed by atoms with E-state index in [1.54, 1.807) is 0 Å². The van der Waals surface area contributed by atoms with Crippen LogP contribution in [0.5, 0.6) is 0 Å². The summed E-state index contributed by atoms with van der Waals surface area (Å²) in [7, 11) is 0. The molecule has 0 heterocycles. The van der Waals surface area contributed by atoms with E-state index in [0.717, 1.165) is 32.2 Å². The van der Waals surface area contributed by atoms with E-state index in [9.17, 15) is 4.79 Å². The first-order chi connectivity index (χ1) is 10.7. The number of ether oxygens (including phenoxy) is 1. The lowest BCUT2D eigenvalue weighted by molar-refractivity contribution is -0.410. The molecule has 1 atom stereocenters. The van der Waals surface area contributed by atoms with Gasteiger partial charge >= 0.3 is 5.97 Å². The Morgan fingerprint density at radius 1 is 0.864 bits per heavy atom. The molecule has 0 aliphatic rings. The largest absolute Gasteiger partial charge is 0.461 e. The van der Waals surface area contributed by atoms with Gasteiger partial charge in [-0.15, -0.1) is 0 Å². The van der Waals surface area contributed by atoms with Gasteiger partial charge in [0.15, 0.2) is 6.04 Å². The van der Waals surface area contributed by atoms with Crippen LogP contribution in [0.3, 0.4) is 0 Å². The smallest absolute Gasteiger partial charge is 0.364 e. The van der Waals surface area contributed by atoms with Crippen molar-refractivity contribution in [3.63, 3.8) is 0 Å². The Hall–Kier alpha value is -0.610. The lowest BCUT2D eigenvalue weighted by Gasteiger charge is -2.08. The Balaban J connectivity index is 3.26. The van der Waals surface area contributed by atoms with E-state index in [1.165, 1.54) is 57.8 Å². The minimum Gasteiger partial charge on any atom is -0.461 e. The molecule has 4 heteroatoms. The molecule has 0 aromatic rings. The van der Waals surface area contributed by atoms with Crippen molar-refractivity contribution in [2.24, 2.45) is 0 Å². The van der Waals surface area contributed by atoms with E-state index in [4.69, 9.17) is 4.74 Å². The molecule has 1 unspecified atom stereocenters. The molecule has 0 spiro atoms. The minimum absolute atomic E-state index is 0.125. The number of carbonyl (C=O) groups excluding carboxylic acids is 1. The highest BCUT2D eigenvalue weighted by atomic mass is 16.5. The molecule has 0 amide bonds. The highest BCUT2D eigenvalue weighted by molar-refractivity contribution is 5.73. The van der Waals surface area contributed by atoms with E-state index in [2.05, 4.69) is 18.4 Å². The van der Waals surface area contributed by atoms with Crippen LogP contribution in [0.4, 0.5) is 0 Å². The molecule has 0 saturated heterocycles. The standard InChI is InChI=1S/C18H38N2O2/c1-2-3-4-5-6-7-8-9-10-13-16-22-18(21)17(20)14-11-12-15-19/h17H,2-16,19-20H2,1H3/p+2. The van der Waals surface area contributed by atoms with Gasteiger partial charge in [-0.05, 0) is 19.3 Å². The van der Waals surface area contributed by atoms with E-state index < -0.39 is 0 Å². The predicted octanol–water partition coefficient (Wildman–Crippen LogP) is 2.47. The first-order valence-electron chi connectivity index (χ1n) is 9.51. The Bertz CT molecular complexity index is 247. The molecule has 0 aliphatic heterocycles. The van der Waals surface area contributed by atoms with Gasteiger partial charge in [-0.2, -0.15) is 0 Å². The SMILES string of the molecule is CCCCCCCCCCCCOC(=O)C([NH3+])CCCC[NH3+]. The van der Waals surface area contributed by atoms with Crippen molar-refractivity contribution in [3.8, 4) is 0 Å². The van der Waals surface area contributed by atoms with Crippen molar-refractivity contribution < 1.29 is 21.0 Å². The number of carbonyl (C=O) groups is 1. The van der Waals surface area contributed by atoms with Crippen LogP contribution < -0.4 is 11.5 Å². The van der Waals surface area contributed by atoms with Gasteiger partial charge in [-0.1, -0.05) is 64.7 Å². The Labute approximate surface area is 137 Å². The third-order valence-corrected chi connectivity index (χ3v) is 4.13. The highest BCUT2D eigenvalue weighted by Crippen LogP contribution is 2.10. The van der Waals surface area contributed by atoms with Crippen molar-refractivity contribution in [3.05, 3.63) is 0 Å². The van der Waals surface area contributed by atoms with Crippen molar-refractivity contribution in [1.29, 1.82) is 0 Å². The number of quaternary nitrogens is 2. The Kier molecular flexibility index (Phi) is 16.3. The van der Waals surface area contributed by atoms with Gasteiger partial charge < -0.3 is 16.2 Å². The van der Waals surface area contributed by atoms with Crippen LogP contribution in [-0.2, 0) is 9.53 Å². The van der Waals surface area contributed by atoms with Crippen LogP contribution in [-0.4, -0.2) is 25.2 Å². The summed E-state index contributed by atoms with van der Waals surface area (Å²) in [5.74, 6) is -0.125. The number of esters is 1. The number of rotatable bonds is 16. The van der Waals surface area contributed by atoms with Gasteiger partial charge in [-0.3, -0.25) is 0 Å². The zero-order valence-electron chi connectivity index (χ0n) is 14.9. The number of unbranched alkanes of at least 4 members (excludes halogenated alkanes) is 10. The van der Waals surface area contributed by atoms with Gasteiger partial charge in [0.2, 0.25) is 0 Å². The fourth-order valence-corrected chi connectivity index (χ4v) is 2.57. The van der Waals surface area contributed by atoms with Crippen molar-refractivity contribution in [2.45, 2.75) is 96.4 Å². The Morgan fingerprint density at radius 2 is 1.41 bits per heavy atom. The number of hydrogen-bond donors (Lipinski definition) is 2. The molecule has 4 nitrogen and oxygen atoms in total. The second kappa shape index (κ2) is 16.8. The van der Waals surface area contributed by atoms with Gasteiger partial charge in [-0.25, -0.2) is 4.79 Å². The zero-order valence-corrected chi connectivity index (χ0v) is 14.9. The van der Waals surface area contributed by atoms with Crippen LogP contribution in [0.2, 0.25) is 0 Å². The summed E-state index contributed by atoms with van der Waals surface area (Å²) in [4.78, 5) is 11.7. The molecular formula is C18H40N2O2+2. The molecule has 0 aromatic carbocycles. The predicted molar refractivity (Wildman–Crippen MR) is 91.1 cm³/mol. The maximum Gasteiger partial charge on any atom is 0.364 e. The third kappa shape index (κ3) is 14.3. The quantitative estimate of drug-likeness (QED) is 0.339. The maximum atomic E-state index is 11.7. The molecule has 6 N–H and O–H groups in total. The zero-order chi connectivity index (χ0) is 16.5. The van der Waals surface area contributed by atoms with Crippen molar-refractivity contribution >= 4 is 5.97 Å². The highest BCUT2D eigenvalue weighted by Gasteiger charge is 2.17. The van der Waals surface area contributed by atoms with Crippen LogP contribution in [0.1, 0.15) is 90.4 Å². The molecule has 22 heavy (non-hydrogen) atoms. The average Bonchev–Trinajstić information content (AvgIpc) is 2.52. The van der Waals surface area contributed by atoms with Crippen LogP contribution in [0, 0.1) is 0 Å². The van der Waals surface area contributed by atoms with Gasteiger partial charge in [0.25, 0.3) is 0 Å². The topological polar surface area (TPSA) is 81.6 Å². The monoisotopic (exact) mass is 316 g/mol. The summed E-state index contributed by atoms with van der Waals surface area (Å²) in [6.07, 6.45) is 15.9. The average molecular weight is 317 g/mol. The summed E-state index contributed by atoms with van der Waals surface area (Å²) in [6.45, 7) is 3.75.